The lowest BCUT2D eigenvalue weighted by Crippen LogP contribution is -2.22. The molecule has 1 aromatic heterocycles. The van der Waals surface area contributed by atoms with Crippen molar-refractivity contribution in [2.24, 2.45) is 10.1 Å². The number of nitrogens with zero attached hydrogens (tertiary/aromatic N) is 3. The summed E-state index contributed by atoms with van der Waals surface area (Å²) in [7, 11) is 1.98. The molecule has 1 aliphatic heterocycles. The Balaban J connectivity index is 0.00000196. The highest BCUT2D eigenvalue weighted by Gasteiger charge is 2.10. The third kappa shape index (κ3) is 3.48. The van der Waals surface area contributed by atoms with Crippen LogP contribution >= 0.6 is 11.8 Å². The maximum Gasteiger partial charge on any atom is 0.177 e. The van der Waals surface area contributed by atoms with E-state index in [1.165, 1.54) is 11.0 Å². The molecule has 0 amide bonds. The molecule has 26 heavy (non-hydrogen) atoms. The second-order valence-electron chi connectivity index (χ2n) is 5.90. The van der Waals surface area contributed by atoms with Crippen molar-refractivity contribution in [1.29, 1.82) is 0 Å². The van der Waals surface area contributed by atoms with Gasteiger partial charge in [0.25, 0.3) is 0 Å². The Kier molecular flexibility index (Phi) is 5.96. The molecule has 0 saturated heterocycles. The van der Waals surface area contributed by atoms with E-state index in [-0.39, 0.29) is 7.43 Å². The lowest BCUT2D eigenvalue weighted by molar-refractivity contribution is 0.674. The van der Waals surface area contributed by atoms with Crippen molar-refractivity contribution in [3.8, 4) is 0 Å². The molecule has 0 atom stereocenters. The molecule has 0 fully saturated rings. The second kappa shape index (κ2) is 8.38. The number of aromatic nitrogens is 1. The molecule has 0 saturated carbocycles. The van der Waals surface area contributed by atoms with Crippen LogP contribution in [-0.4, -0.2) is 35.6 Å². The van der Waals surface area contributed by atoms with Crippen molar-refractivity contribution in [2.45, 2.75) is 14.0 Å². The van der Waals surface area contributed by atoms with E-state index in [9.17, 15) is 0 Å². The van der Waals surface area contributed by atoms with Crippen LogP contribution in [0.3, 0.4) is 0 Å². The summed E-state index contributed by atoms with van der Waals surface area (Å²) in [6, 6.07) is 16.9. The third-order valence-electron chi connectivity index (χ3n) is 4.33. The molecule has 1 aliphatic rings. The van der Waals surface area contributed by atoms with Gasteiger partial charge in [0.1, 0.15) is 5.36 Å². The summed E-state index contributed by atoms with van der Waals surface area (Å²) in [5.74, 6) is 1.03. The number of rotatable bonds is 4. The number of nitrogens with one attached hydrogen (secondary N) is 2. The Labute approximate surface area is 158 Å². The van der Waals surface area contributed by atoms with E-state index in [2.05, 4.69) is 68.8 Å². The lowest BCUT2D eigenvalue weighted by atomic mass is 10.1. The van der Waals surface area contributed by atoms with Gasteiger partial charge in [0.15, 0.2) is 5.17 Å². The van der Waals surface area contributed by atoms with Gasteiger partial charge in [-0.05, 0) is 19.2 Å². The monoisotopic (exact) mass is 367 g/mol. The number of fused-ring (bicyclic) bond motifs is 2. The fourth-order valence-electron chi connectivity index (χ4n) is 3.18. The van der Waals surface area contributed by atoms with Gasteiger partial charge in [-0.2, -0.15) is 5.10 Å². The minimum Gasteiger partial charge on any atom is -0.339 e. The predicted octanol–water partition coefficient (Wildman–Crippen LogP) is 3.16. The number of para-hydroxylation sites is 2. The number of amidine groups is 1. The first kappa shape index (κ1) is 18.5. The normalized spacial score (nSPS) is 13.5. The van der Waals surface area contributed by atoms with E-state index in [0.29, 0.717) is 0 Å². The number of thioether (sulfide) groups is 1. The maximum atomic E-state index is 4.74. The van der Waals surface area contributed by atoms with Crippen molar-refractivity contribution in [2.75, 3.05) is 25.9 Å². The lowest BCUT2D eigenvalue weighted by Gasteiger charge is -2.16. The van der Waals surface area contributed by atoms with Crippen molar-refractivity contribution in [1.82, 2.24) is 15.3 Å². The highest BCUT2D eigenvalue weighted by molar-refractivity contribution is 8.14. The van der Waals surface area contributed by atoms with Gasteiger partial charge >= 0.3 is 0 Å². The largest absolute Gasteiger partial charge is 0.339 e. The van der Waals surface area contributed by atoms with E-state index < -0.39 is 0 Å². The van der Waals surface area contributed by atoms with Gasteiger partial charge < -0.3 is 9.88 Å². The highest BCUT2D eigenvalue weighted by Crippen LogP contribution is 2.19. The van der Waals surface area contributed by atoms with Crippen LogP contribution < -0.4 is 16.1 Å². The summed E-state index contributed by atoms with van der Waals surface area (Å²) >= 11 is 1.72. The Hall–Kier alpha value is -2.31. The van der Waals surface area contributed by atoms with Crippen molar-refractivity contribution in [3.63, 3.8) is 0 Å². The zero-order valence-electron chi connectivity index (χ0n) is 14.2. The smallest absolute Gasteiger partial charge is 0.177 e. The Morgan fingerprint density at radius 3 is 2.31 bits per heavy atom. The van der Waals surface area contributed by atoms with Crippen LogP contribution in [0.1, 0.15) is 7.43 Å². The first-order valence-corrected chi connectivity index (χ1v) is 9.49. The molecular formula is C20H25N5S. The van der Waals surface area contributed by atoms with Gasteiger partial charge in [-0.25, -0.2) is 0 Å². The molecule has 0 bridgehead atoms. The predicted molar refractivity (Wildman–Crippen MR) is 114 cm³/mol. The second-order valence-corrected chi connectivity index (χ2v) is 6.98. The number of hydrogen-bond acceptors (Lipinski definition) is 5. The zero-order chi connectivity index (χ0) is 17.1. The maximum absolute atomic E-state index is 4.74. The Bertz CT molecular complexity index is 946. The number of pyridine rings is 1. The fraction of sp³-hybridized carbons (Fsp3) is 0.300. The summed E-state index contributed by atoms with van der Waals surface area (Å²) in [5.41, 5.74) is 5.55. The minimum atomic E-state index is 0. The Morgan fingerprint density at radius 1 is 1.08 bits per heavy atom. The quantitative estimate of drug-likeness (QED) is 0.550. The van der Waals surface area contributed by atoms with Crippen LogP contribution in [0.2, 0.25) is 0 Å². The Morgan fingerprint density at radius 2 is 1.73 bits per heavy atom. The highest BCUT2D eigenvalue weighted by atomic mass is 32.2. The van der Waals surface area contributed by atoms with Crippen LogP contribution in [0.4, 0.5) is 0 Å². The molecular weight excluding hydrogens is 342 g/mol. The minimum absolute atomic E-state index is 0. The van der Waals surface area contributed by atoms with Crippen LogP contribution in [0.25, 0.3) is 21.8 Å². The van der Waals surface area contributed by atoms with Crippen LogP contribution in [0.15, 0.2) is 58.6 Å². The molecule has 2 heterocycles. The molecule has 0 spiro atoms. The molecule has 5 nitrogen and oxygen atoms in total. The summed E-state index contributed by atoms with van der Waals surface area (Å²) in [6.45, 7) is 2.69. The van der Waals surface area contributed by atoms with E-state index in [0.717, 1.165) is 46.7 Å². The zero-order valence-corrected chi connectivity index (χ0v) is 15.0. The number of likely N-dealkylation sites (N-methyl/N-ethyl adjacent to an activating group) is 1. The third-order valence-corrected chi connectivity index (χ3v) is 5.21. The van der Waals surface area contributed by atoms with E-state index in [4.69, 9.17) is 5.10 Å². The summed E-state index contributed by atoms with van der Waals surface area (Å²) in [4.78, 5) is 4.43. The number of hydrogen-bond donors (Lipinski definition) is 2. The van der Waals surface area contributed by atoms with Gasteiger partial charge in [-0.1, -0.05) is 55.6 Å². The average molecular weight is 368 g/mol. The van der Waals surface area contributed by atoms with Gasteiger partial charge in [0.05, 0.1) is 17.6 Å². The summed E-state index contributed by atoms with van der Waals surface area (Å²) in [5, 5.41) is 12.2. The van der Waals surface area contributed by atoms with Crippen molar-refractivity contribution < 1.29 is 0 Å². The van der Waals surface area contributed by atoms with Gasteiger partial charge in [0, 0.05) is 29.6 Å². The van der Waals surface area contributed by atoms with Crippen LogP contribution in [0.5, 0.6) is 0 Å². The summed E-state index contributed by atoms with van der Waals surface area (Å²) in [6.07, 6.45) is 0. The van der Waals surface area contributed by atoms with E-state index in [1.54, 1.807) is 11.8 Å². The molecule has 2 N–H and O–H groups in total. The first-order valence-electron chi connectivity index (χ1n) is 8.50. The van der Waals surface area contributed by atoms with Gasteiger partial charge in [-0.15, -0.1) is 0 Å². The van der Waals surface area contributed by atoms with Crippen LogP contribution in [0, 0.1) is 0 Å². The topological polar surface area (TPSA) is 53.7 Å². The van der Waals surface area contributed by atoms with E-state index >= 15 is 0 Å². The standard InChI is InChI=1S/C19H21N5S.CH4/c1-20-10-12-24-16-8-4-2-6-14(16)18(15-7-3-5-9-17(15)24)22-23-19-21-11-13-25-19;/h2-9,20H,10-13H2,1H3,(H,21,23);1H4. The summed E-state index contributed by atoms with van der Waals surface area (Å²) < 4.78 is 2.36. The van der Waals surface area contributed by atoms with Gasteiger partial charge in [-0.3, -0.25) is 10.4 Å². The molecule has 3 aromatic rings. The molecule has 0 unspecified atom stereocenters. The number of benzene rings is 2. The first-order chi connectivity index (χ1) is 12.4. The molecule has 0 radical (unpaired) electrons. The van der Waals surface area contributed by atoms with Gasteiger partial charge in [0.2, 0.25) is 0 Å². The van der Waals surface area contributed by atoms with Crippen molar-refractivity contribution in [3.05, 3.63) is 53.9 Å². The molecule has 6 heteroatoms. The van der Waals surface area contributed by atoms with Crippen LogP contribution in [-0.2, 0) is 6.54 Å². The molecule has 0 aliphatic carbocycles. The van der Waals surface area contributed by atoms with Crippen molar-refractivity contribution >= 4 is 38.7 Å². The number of aliphatic imine (C=N–C) groups is 1. The average Bonchev–Trinajstić information content (AvgIpc) is 3.18. The van der Waals surface area contributed by atoms with E-state index in [1.807, 2.05) is 7.05 Å². The molecule has 136 valence electrons. The SMILES string of the molecule is C.CNCCn1c2ccccc2c(=NNC2=NCCS2)c2ccccc21. The fourth-order valence-corrected chi connectivity index (χ4v) is 3.85. The molecule has 2 aromatic carbocycles. The molecule has 4 rings (SSSR count).